The van der Waals surface area contributed by atoms with Crippen LogP contribution in [0.1, 0.15) is 43.9 Å². The molecule has 0 aliphatic carbocycles. The van der Waals surface area contributed by atoms with Gasteiger partial charge in [-0.1, -0.05) is 31.2 Å². The second-order valence-corrected chi connectivity index (χ2v) is 9.40. The Bertz CT molecular complexity index is 935. The zero-order valence-corrected chi connectivity index (χ0v) is 17.6. The fraction of sp³-hybridized carbons (Fsp3) is 0.409. The molecule has 0 bridgehead atoms. The Hall–Kier alpha value is -2.25. The summed E-state index contributed by atoms with van der Waals surface area (Å²) in [6.45, 7) is 4.60. The fourth-order valence-electron chi connectivity index (χ4n) is 3.57. The van der Waals surface area contributed by atoms with Gasteiger partial charge in [-0.3, -0.25) is 4.79 Å². The van der Waals surface area contributed by atoms with Crippen LogP contribution >= 0.6 is 0 Å². The second-order valence-electron chi connectivity index (χ2n) is 7.46. The lowest BCUT2D eigenvalue weighted by molar-refractivity contribution is -0.126. The number of nitrogens with zero attached hydrogens (tertiary/aromatic N) is 1. The summed E-state index contributed by atoms with van der Waals surface area (Å²) in [7, 11) is -3.67. The van der Waals surface area contributed by atoms with Crippen LogP contribution in [0, 0.1) is 11.7 Å². The van der Waals surface area contributed by atoms with Crippen molar-refractivity contribution in [3.8, 4) is 0 Å². The molecule has 2 aromatic rings. The standard InChI is InChI=1S/C22H27FN2O3S/c1-3-17-4-6-18(7-5-17)16(2)24-22(26)19-12-14-25(15-13-19)29(27,28)21-10-8-20(23)9-11-21/h4-11,16,19H,3,12-15H2,1-2H3,(H,24,26). The van der Waals surface area contributed by atoms with Gasteiger partial charge in [0.2, 0.25) is 15.9 Å². The Morgan fingerprint density at radius 3 is 2.24 bits per heavy atom. The number of hydrogen-bond donors (Lipinski definition) is 1. The minimum atomic E-state index is -3.67. The smallest absolute Gasteiger partial charge is 0.243 e. The first-order valence-electron chi connectivity index (χ1n) is 9.96. The number of carbonyl (C=O) groups excluding carboxylic acids is 1. The Labute approximate surface area is 172 Å². The molecule has 7 heteroatoms. The molecule has 5 nitrogen and oxygen atoms in total. The molecule has 0 radical (unpaired) electrons. The normalized spacial score (nSPS) is 17.1. The van der Waals surface area contributed by atoms with E-state index in [1.54, 1.807) is 0 Å². The van der Waals surface area contributed by atoms with Crippen LogP contribution in [0.5, 0.6) is 0 Å². The third kappa shape index (κ3) is 5.03. The van der Waals surface area contributed by atoms with E-state index in [1.165, 1.54) is 22.0 Å². The molecule has 2 aromatic carbocycles. The lowest BCUT2D eigenvalue weighted by Crippen LogP contribution is -2.43. The topological polar surface area (TPSA) is 66.5 Å². The summed E-state index contributed by atoms with van der Waals surface area (Å²) < 4.78 is 39.8. The van der Waals surface area contributed by atoms with E-state index in [0.717, 1.165) is 24.1 Å². The second kappa shape index (κ2) is 9.05. The first-order chi connectivity index (χ1) is 13.8. The largest absolute Gasteiger partial charge is 0.349 e. The van der Waals surface area contributed by atoms with E-state index in [1.807, 2.05) is 19.1 Å². The van der Waals surface area contributed by atoms with E-state index in [2.05, 4.69) is 24.4 Å². The predicted octanol–water partition coefficient (Wildman–Crippen LogP) is 3.67. The highest BCUT2D eigenvalue weighted by atomic mass is 32.2. The van der Waals surface area contributed by atoms with Gasteiger partial charge in [-0.15, -0.1) is 0 Å². The summed E-state index contributed by atoms with van der Waals surface area (Å²) in [6.07, 6.45) is 1.90. The molecule has 0 aromatic heterocycles. The van der Waals surface area contributed by atoms with Crippen molar-refractivity contribution in [2.45, 2.75) is 44.0 Å². The number of nitrogens with one attached hydrogen (secondary N) is 1. The Morgan fingerprint density at radius 2 is 1.69 bits per heavy atom. The van der Waals surface area contributed by atoms with Crippen molar-refractivity contribution in [1.82, 2.24) is 9.62 Å². The molecule has 29 heavy (non-hydrogen) atoms. The van der Waals surface area contributed by atoms with E-state index < -0.39 is 15.8 Å². The predicted molar refractivity (Wildman–Crippen MR) is 110 cm³/mol. The molecule has 0 spiro atoms. The van der Waals surface area contributed by atoms with Gasteiger partial charge >= 0.3 is 0 Å². The third-order valence-electron chi connectivity index (χ3n) is 5.52. The molecule has 1 saturated heterocycles. The van der Waals surface area contributed by atoms with E-state index >= 15 is 0 Å². The van der Waals surface area contributed by atoms with Crippen LogP contribution in [0.25, 0.3) is 0 Å². The summed E-state index contributed by atoms with van der Waals surface area (Å²) in [5, 5.41) is 3.05. The highest BCUT2D eigenvalue weighted by molar-refractivity contribution is 7.89. The first kappa shape index (κ1) is 21.5. The Kier molecular flexibility index (Phi) is 6.70. The molecular weight excluding hydrogens is 391 g/mol. The monoisotopic (exact) mass is 418 g/mol. The van der Waals surface area contributed by atoms with Gasteiger partial charge in [-0.25, -0.2) is 12.8 Å². The number of piperidine rings is 1. The van der Waals surface area contributed by atoms with Crippen LogP contribution in [0.4, 0.5) is 4.39 Å². The SMILES string of the molecule is CCc1ccc(C(C)NC(=O)C2CCN(S(=O)(=O)c3ccc(F)cc3)CC2)cc1. The number of sulfonamides is 1. The highest BCUT2D eigenvalue weighted by Gasteiger charge is 2.32. The fourth-order valence-corrected chi connectivity index (χ4v) is 5.04. The summed E-state index contributed by atoms with van der Waals surface area (Å²) in [4.78, 5) is 12.7. The van der Waals surface area contributed by atoms with Crippen molar-refractivity contribution in [2.24, 2.45) is 5.92 Å². The average Bonchev–Trinajstić information content (AvgIpc) is 2.74. The van der Waals surface area contributed by atoms with Crippen molar-refractivity contribution >= 4 is 15.9 Å². The van der Waals surface area contributed by atoms with Crippen LogP contribution in [-0.2, 0) is 21.2 Å². The average molecular weight is 419 g/mol. The van der Waals surface area contributed by atoms with E-state index in [-0.39, 0.29) is 35.9 Å². The van der Waals surface area contributed by atoms with Gasteiger partial charge < -0.3 is 5.32 Å². The maximum Gasteiger partial charge on any atom is 0.243 e. The summed E-state index contributed by atoms with van der Waals surface area (Å²) >= 11 is 0. The molecule has 1 N–H and O–H groups in total. The number of rotatable bonds is 6. The number of amides is 1. The van der Waals surface area contributed by atoms with Crippen LogP contribution in [0.15, 0.2) is 53.4 Å². The minimum Gasteiger partial charge on any atom is -0.349 e. The molecule has 1 fully saturated rings. The summed E-state index contributed by atoms with van der Waals surface area (Å²) in [5.74, 6) is -0.735. The number of aryl methyl sites for hydroxylation is 1. The van der Waals surface area contributed by atoms with Crippen LogP contribution in [-0.4, -0.2) is 31.7 Å². The lowest BCUT2D eigenvalue weighted by Gasteiger charge is -2.31. The molecule has 3 rings (SSSR count). The highest BCUT2D eigenvalue weighted by Crippen LogP contribution is 2.25. The molecular formula is C22H27FN2O3S. The maximum atomic E-state index is 13.1. The van der Waals surface area contributed by atoms with Crippen LogP contribution < -0.4 is 5.32 Å². The molecule has 1 atom stereocenters. The Balaban J connectivity index is 1.56. The lowest BCUT2D eigenvalue weighted by atomic mass is 9.96. The van der Waals surface area contributed by atoms with E-state index in [0.29, 0.717) is 12.8 Å². The number of hydrogen-bond acceptors (Lipinski definition) is 3. The van der Waals surface area contributed by atoms with Crippen molar-refractivity contribution in [3.05, 3.63) is 65.5 Å². The number of halogens is 1. The third-order valence-corrected chi connectivity index (χ3v) is 7.44. The van der Waals surface area contributed by atoms with Gasteiger partial charge in [0.05, 0.1) is 10.9 Å². The number of benzene rings is 2. The Morgan fingerprint density at radius 1 is 1.10 bits per heavy atom. The maximum absolute atomic E-state index is 13.1. The van der Waals surface area contributed by atoms with Gasteiger partial charge in [-0.2, -0.15) is 4.31 Å². The molecule has 1 unspecified atom stereocenters. The molecule has 1 aliphatic heterocycles. The van der Waals surface area contributed by atoms with Crippen LogP contribution in [0.3, 0.4) is 0 Å². The molecule has 1 aliphatic rings. The molecule has 1 amide bonds. The zero-order valence-electron chi connectivity index (χ0n) is 16.8. The van der Waals surface area contributed by atoms with Gasteiger partial charge in [0.1, 0.15) is 5.82 Å². The number of carbonyl (C=O) groups is 1. The minimum absolute atomic E-state index is 0.0455. The van der Waals surface area contributed by atoms with Gasteiger partial charge in [0.25, 0.3) is 0 Å². The molecule has 0 saturated carbocycles. The van der Waals surface area contributed by atoms with Crippen LogP contribution in [0.2, 0.25) is 0 Å². The van der Waals surface area contributed by atoms with Gasteiger partial charge in [0, 0.05) is 19.0 Å². The molecule has 156 valence electrons. The van der Waals surface area contributed by atoms with E-state index in [9.17, 15) is 17.6 Å². The van der Waals surface area contributed by atoms with Crippen molar-refractivity contribution in [1.29, 1.82) is 0 Å². The summed E-state index contributed by atoms with van der Waals surface area (Å²) in [6, 6.07) is 12.9. The molecule has 1 heterocycles. The zero-order chi connectivity index (χ0) is 21.0. The quantitative estimate of drug-likeness (QED) is 0.778. The van der Waals surface area contributed by atoms with Crippen molar-refractivity contribution in [3.63, 3.8) is 0 Å². The summed E-state index contributed by atoms with van der Waals surface area (Å²) in [5.41, 5.74) is 2.30. The van der Waals surface area contributed by atoms with Crippen molar-refractivity contribution in [2.75, 3.05) is 13.1 Å². The first-order valence-corrected chi connectivity index (χ1v) is 11.4. The van der Waals surface area contributed by atoms with Gasteiger partial charge in [0.15, 0.2) is 0 Å². The van der Waals surface area contributed by atoms with Crippen molar-refractivity contribution < 1.29 is 17.6 Å². The van der Waals surface area contributed by atoms with E-state index in [4.69, 9.17) is 0 Å². The van der Waals surface area contributed by atoms with Gasteiger partial charge in [-0.05, 0) is 61.6 Å².